The lowest BCUT2D eigenvalue weighted by atomic mass is 10.0. The quantitative estimate of drug-likeness (QED) is 0.836. The van der Waals surface area contributed by atoms with Crippen LogP contribution in [0.15, 0.2) is 48.5 Å². The highest BCUT2D eigenvalue weighted by atomic mass is 16.5. The Bertz CT molecular complexity index is 564. The molecular formula is C15H15NO2. The largest absolute Gasteiger partial charge is 0.496 e. The number of benzene rings is 2. The smallest absolute Gasteiger partial charge is 0.196 e. The van der Waals surface area contributed by atoms with Crippen LogP contribution in [0.5, 0.6) is 5.75 Å². The zero-order valence-electron chi connectivity index (χ0n) is 10.2. The topological polar surface area (TPSA) is 52.3 Å². The van der Waals surface area contributed by atoms with E-state index in [0.717, 1.165) is 5.56 Å². The van der Waals surface area contributed by atoms with E-state index in [4.69, 9.17) is 10.5 Å². The van der Waals surface area contributed by atoms with E-state index in [1.54, 1.807) is 25.3 Å². The van der Waals surface area contributed by atoms with Gasteiger partial charge in [-0.15, -0.1) is 0 Å². The molecule has 0 spiro atoms. The highest BCUT2D eigenvalue weighted by Gasteiger charge is 2.13. The van der Waals surface area contributed by atoms with E-state index < -0.39 is 0 Å². The first kappa shape index (κ1) is 12.3. The Morgan fingerprint density at radius 1 is 1.17 bits per heavy atom. The third-order valence-electron chi connectivity index (χ3n) is 2.78. The van der Waals surface area contributed by atoms with Crippen molar-refractivity contribution >= 4 is 5.78 Å². The van der Waals surface area contributed by atoms with Crippen molar-refractivity contribution in [1.29, 1.82) is 0 Å². The van der Waals surface area contributed by atoms with Crippen molar-refractivity contribution in [2.45, 2.75) is 6.54 Å². The number of para-hydroxylation sites is 1. The summed E-state index contributed by atoms with van der Waals surface area (Å²) in [6, 6.07) is 14.5. The molecule has 0 amide bonds. The lowest BCUT2D eigenvalue weighted by molar-refractivity contribution is 0.103. The van der Waals surface area contributed by atoms with Crippen LogP contribution in [0, 0.1) is 0 Å². The van der Waals surface area contributed by atoms with E-state index in [0.29, 0.717) is 23.4 Å². The summed E-state index contributed by atoms with van der Waals surface area (Å²) in [6.45, 7) is 0.424. The van der Waals surface area contributed by atoms with Crippen LogP contribution in [0.2, 0.25) is 0 Å². The molecule has 2 rings (SSSR count). The van der Waals surface area contributed by atoms with Crippen molar-refractivity contribution in [1.82, 2.24) is 0 Å². The molecule has 0 aliphatic heterocycles. The molecule has 2 aromatic rings. The minimum Gasteiger partial charge on any atom is -0.496 e. The molecular weight excluding hydrogens is 226 g/mol. The van der Waals surface area contributed by atoms with Crippen molar-refractivity contribution in [3.05, 3.63) is 65.2 Å². The summed E-state index contributed by atoms with van der Waals surface area (Å²) < 4.78 is 5.20. The monoisotopic (exact) mass is 241 g/mol. The molecule has 2 aromatic carbocycles. The summed E-state index contributed by atoms with van der Waals surface area (Å²) >= 11 is 0. The van der Waals surface area contributed by atoms with Gasteiger partial charge in [0.25, 0.3) is 0 Å². The summed E-state index contributed by atoms with van der Waals surface area (Å²) in [5.74, 6) is 0.531. The molecule has 0 aromatic heterocycles. The van der Waals surface area contributed by atoms with Crippen LogP contribution in [0.1, 0.15) is 21.5 Å². The molecule has 18 heavy (non-hydrogen) atoms. The fourth-order valence-corrected chi connectivity index (χ4v) is 1.83. The summed E-state index contributed by atoms with van der Waals surface area (Å²) in [5.41, 5.74) is 7.71. The number of rotatable bonds is 4. The SMILES string of the molecule is COc1ccccc1C(=O)c1cccc(CN)c1. The van der Waals surface area contributed by atoms with Gasteiger partial charge in [0.05, 0.1) is 12.7 Å². The van der Waals surface area contributed by atoms with E-state index in [1.165, 1.54) is 0 Å². The molecule has 3 heteroatoms. The van der Waals surface area contributed by atoms with E-state index in [9.17, 15) is 4.79 Å². The molecule has 3 nitrogen and oxygen atoms in total. The summed E-state index contributed by atoms with van der Waals surface area (Å²) in [6.07, 6.45) is 0. The first-order chi connectivity index (χ1) is 8.76. The molecule has 0 unspecified atom stereocenters. The molecule has 0 bridgehead atoms. The first-order valence-corrected chi connectivity index (χ1v) is 5.73. The van der Waals surface area contributed by atoms with Crippen molar-refractivity contribution < 1.29 is 9.53 Å². The van der Waals surface area contributed by atoms with Gasteiger partial charge >= 0.3 is 0 Å². The minimum absolute atomic E-state index is 0.0530. The van der Waals surface area contributed by atoms with Gasteiger partial charge in [-0.05, 0) is 23.8 Å². The number of carbonyl (C=O) groups excluding carboxylic acids is 1. The molecule has 92 valence electrons. The Hall–Kier alpha value is -2.13. The molecule has 0 aliphatic carbocycles. The second-order valence-electron chi connectivity index (χ2n) is 3.93. The number of ketones is 1. The van der Waals surface area contributed by atoms with Crippen LogP contribution in [0.4, 0.5) is 0 Å². The van der Waals surface area contributed by atoms with Gasteiger partial charge in [0.15, 0.2) is 5.78 Å². The van der Waals surface area contributed by atoms with Crippen LogP contribution in [0.25, 0.3) is 0 Å². The van der Waals surface area contributed by atoms with Gasteiger partial charge < -0.3 is 10.5 Å². The number of hydrogen-bond donors (Lipinski definition) is 1. The standard InChI is InChI=1S/C15H15NO2/c1-18-14-8-3-2-7-13(14)15(17)12-6-4-5-11(9-12)10-16/h2-9H,10,16H2,1H3. The number of nitrogens with two attached hydrogens (primary N) is 1. The molecule has 0 saturated carbocycles. The summed E-state index contributed by atoms with van der Waals surface area (Å²) in [7, 11) is 1.56. The molecule has 0 heterocycles. The third kappa shape index (κ3) is 2.41. The Kier molecular flexibility index (Phi) is 3.75. The maximum atomic E-state index is 12.4. The average Bonchev–Trinajstić information content (AvgIpc) is 2.46. The highest BCUT2D eigenvalue weighted by molar-refractivity contribution is 6.10. The summed E-state index contributed by atoms with van der Waals surface area (Å²) in [5, 5.41) is 0. The predicted molar refractivity (Wildman–Crippen MR) is 70.8 cm³/mol. The van der Waals surface area contributed by atoms with Crippen LogP contribution in [-0.2, 0) is 6.54 Å². The molecule has 0 fully saturated rings. The van der Waals surface area contributed by atoms with Crippen molar-refractivity contribution in [2.24, 2.45) is 5.73 Å². The molecule has 2 N–H and O–H groups in total. The Labute approximate surface area is 106 Å². The van der Waals surface area contributed by atoms with Crippen molar-refractivity contribution in [3.63, 3.8) is 0 Å². The van der Waals surface area contributed by atoms with Crippen LogP contribution >= 0.6 is 0 Å². The van der Waals surface area contributed by atoms with Gasteiger partial charge in [0.1, 0.15) is 5.75 Å². The molecule has 0 saturated heterocycles. The predicted octanol–water partition coefficient (Wildman–Crippen LogP) is 2.38. The van der Waals surface area contributed by atoms with Gasteiger partial charge in [-0.1, -0.05) is 30.3 Å². The average molecular weight is 241 g/mol. The Morgan fingerprint density at radius 3 is 2.67 bits per heavy atom. The lowest BCUT2D eigenvalue weighted by Crippen LogP contribution is -2.05. The molecule has 0 aliphatic rings. The fraction of sp³-hybridized carbons (Fsp3) is 0.133. The first-order valence-electron chi connectivity index (χ1n) is 5.73. The maximum Gasteiger partial charge on any atom is 0.196 e. The normalized spacial score (nSPS) is 10.1. The lowest BCUT2D eigenvalue weighted by Gasteiger charge is -2.08. The molecule has 0 atom stereocenters. The van der Waals surface area contributed by atoms with Crippen LogP contribution in [0.3, 0.4) is 0 Å². The van der Waals surface area contributed by atoms with Gasteiger partial charge in [-0.2, -0.15) is 0 Å². The van der Waals surface area contributed by atoms with Crippen LogP contribution in [-0.4, -0.2) is 12.9 Å². The summed E-state index contributed by atoms with van der Waals surface area (Å²) in [4.78, 5) is 12.4. The van der Waals surface area contributed by atoms with E-state index >= 15 is 0 Å². The van der Waals surface area contributed by atoms with E-state index in [2.05, 4.69) is 0 Å². The minimum atomic E-state index is -0.0530. The number of carbonyl (C=O) groups is 1. The van der Waals surface area contributed by atoms with E-state index in [-0.39, 0.29) is 5.78 Å². The third-order valence-corrected chi connectivity index (χ3v) is 2.78. The molecule has 0 radical (unpaired) electrons. The Morgan fingerprint density at radius 2 is 1.94 bits per heavy atom. The maximum absolute atomic E-state index is 12.4. The zero-order valence-corrected chi connectivity index (χ0v) is 10.2. The number of hydrogen-bond acceptors (Lipinski definition) is 3. The van der Waals surface area contributed by atoms with E-state index in [1.807, 2.05) is 30.3 Å². The Balaban J connectivity index is 2.41. The van der Waals surface area contributed by atoms with Crippen LogP contribution < -0.4 is 10.5 Å². The van der Waals surface area contributed by atoms with Crippen molar-refractivity contribution in [2.75, 3.05) is 7.11 Å². The second-order valence-corrected chi connectivity index (χ2v) is 3.93. The van der Waals surface area contributed by atoms with Gasteiger partial charge in [-0.25, -0.2) is 0 Å². The highest BCUT2D eigenvalue weighted by Crippen LogP contribution is 2.21. The second kappa shape index (κ2) is 5.47. The van der Waals surface area contributed by atoms with Gasteiger partial charge in [0.2, 0.25) is 0 Å². The zero-order chi connectivity index (χ0) is 13.0. The number of ether oxygens (including phenoxy) is 1. The van der Waals surface area contributed by atoms with Gasteiger partial charge in [0, 0.05) is 12.1 Å². The van der Waals surface area contributed by atoms with Gasteiger partial charge in [-0.3, -0.25) is 4.79 Å². The fourth-order valence-electron chi connectivity index (χ4n) is 1.83. The van der Waals surface area contributed by atoms with Crippen molar-refractivity contribution in [3.8, 4) is 5.75 Å². The number of methoxy groups -OCH3 is 1.